The number of amides is 2. The van der Waals surface area contributed by atoms with Gasteiger partial charge in [0.15, 0.2) is 0 Å². The van der Waals surface area contributed by atoms with Crippen molar-refractivity contribution in [2.24, 2.45) is 5.73 Å². The lowest BCUT2D eigenvalue weighted by molar-refractivity contribution is -0.117. The standard InChI is InChI=1S/C19H30N4O2S.ClH/c1-22-11-4-5-16(13-22)23(2)19(25)14-6-8-15(9-7-14)21-18(24)17(20)10-12-26-3;/h6-9,16-17H,4-5,10-13,20H2,1-3H3,(H,21,24);1H/t16?,17-;/m0./s1. The van der Waals surface area contributed by atoms with Crippen LogP contribution in [0.15, 0.2) is 24.3 Å². The van der Waals surface area contributed by atoms with Gasteiger partial charge in [0.1, 0.15) is 0 Å². The number of anilines is 1. The number of likely N-dealkylation sites (N-methyl/N-ethyl adjacent to an activating group) is 2. The molecule has 8 heteroatoms. The first-order valence-corrected chi connectivity index (χ1v) is 10.4. The van der Waals surface area contributed by atoms with E-state index in [1.807, 2.05) is 18.2 Å². The topological polar surface area (TPSA) is 78.7 Å². The molecule has 27 heavy (non-hydrogen) atoms. The van der Waals surface area contributed by atoms with Gasteiger partial charge in [-0.15, -0.1) is 12.4 Å². The lowest BCUT2D eigenvalue weighted by Crippen LogP contribution is -2.47. The number of carbonyl (C=O) groups is 2. The van der Waals surface area contributed by atoms with Gasteiger partial charge in [0.25, 0.3) is 5.91 Å². The molecule has 1 unspecified atom stereocenters. The first-order chi connectivity index (χ1) is 12.4. The molecule has 0 bridgehead atoms. The summed E-state index contributed by atoms with van der Waals surface area (Å²) in [5.74, 6) is 0.672. The number of nitrogens with zero attached hydrogens (tertiary/aromatic N) is 2. The van der Waals surface area contributed by atoms with Gasteiger partial charge in [0.2, 0.25) is 5.91 Å². The number of piperidine rings is 1. The number of halogens is 1. The smallest absolute Gasteiger partial charge is 0.253 e. The quantitative estimate of drug-likeness (QED) is 0.715. The van der Waals surface area contributed by atoms with E-state index < -0.39 is 6.04 Å². The molecule has 1 aromatic carbocycles. The second-order valence-corrected chi connectivity index (χ2v) is 7.91. The van der Waals surface area contributed by atoms with E-state index in [2.05, 4.69) is 17.3 Å². The SMILES string of the molecule is CSCC[C@H](N)C(=O)Nc1ccc(C(=O)N(C)C2CCCN(C)C2)cc1.Cl. The predicted octanol–water partition coefficient (Wildman–Crippen LogP) is 2.29. The molecule has 1 fully saturated rings. The van der Waals surface area contributed by atoms with Gasteiger partial charge in [-0.3, -0.25) is 9.59 Å². The summed E-state index contributed by atoms with van der Waals surface area (Å²) < 4.78 is 0. The van der Waals surface area contributed by atoms with Gasteiger partial charge in [-0.2, -0.15) is 11.8 Å². The van der Waals surface area contributed by atoms with Crippen LogP contribution >= 0.6 is 24.2 Å². The minimum atomic E-state index is -0.516. The normalized spacial score (nSPS) is 18.3. The fourth-order valence-electron chi connectivity index (χ4n) is 3.13. The molecular weight excluding hydrogens is 384 g/mol. The molecule has 2 rings (SSSR count). The Bertz CT molecular complexity index is 614. The molecule has 0 spiro atoms. The Morgan fingerprint density at radius 3 is 2.63 bits per heavy atom. The summed E-state index contributed by atoms with van der Waals surface area (Å²) in [5, 5.41) is 2.81. The Labute approximate surface area is 172 Å². The highest BCUT2D eigenvalue weighted by atomic mass is 35.5. The van der Waals surface area contributed by atoms with Crippen LogP contribution in [0.25, 0.3) is 0 Å². The number of likely N-dealkylation sites (tertiary alicyclic amines) is 1. The molecule has 2 atom stereocenters. The maximum atomic E-state index is 12.7. The maximum absolute atomic E-state index is 12.7. The summed E-state index contributed by atoms with van der Waals surface area (Å²) in [6.45, 7) is 2.00. The predicted molar refractivity (Wildman–Crippen MR) is 116 cm³/mol. The zero-order valence-corrected chi connectivity index (χ0v) is 17.9. The van der Waals surface area contributed by atoms with Crippen molar-refractivity contribution >= 4 is 41.7 Å². The van der Waals surface area contributed by atoms with Crippen LogP contribution in [-0.4, -0.2) is 72.9 Å². The van der Waals surface area contributed by atoms with Crippen LogP contribution in [0, 0.1) is 0 Å². The lowest BCUT2D eigenvalue weighted by atomic mass is 10.0. The first kappa shape index (κ1) is 23.8. The average Bonchev–Trinajstić information content (AvgIpc) is 2.65. The van der Waals surface area contributed by atoms with E-state index in [1.165, 1.54) is 0 Å². The van der Waals surface area contributed by atoms with E-state index in [-0.39, 0.29) is 30.3 Å². The fraction of sp³-hybridized carbons (Fsp3) is 0.579. The summed E-state index contributed by atoms with van der Waals surface area (Å²) in [4.78, 5) is 28.9. The van der Waals surface area contributed by atoms with E-state index >= 15 is 0 Å². The molecule has 1 saturated heterocycles. The third kappa shape index (κ3) is 6.99. The van der Waals surface area contributed by atoms with Crippen molar-refractivity contribution in [1.29, 1.82) is 0 Å². The van der Waals surface area contributed by atoms with Crippen molar-refractivity contribution < 1.29 is 9.59 Å². The molecule has 2 amide bonds. The minimum absolute atomic E-state index is 0. The monoisotopic (exact) mass is 414 g/mol. The van der Waals surface area contributed by atoms with Gasteiger partial charge in [0, 0.05) is 30.9 Å². The van der Waals surface area contributed by atoms with Crippen molar-refractivity contribution in [3.05, 3.63) is 29.8 Å². The van der Waals surface area contributed by atoms with Gasteiger partial charge in [-0.25, -0.2) is 0 Å². The molecule has 0 radical (unpaired) electrons. The van der Waals surface area contributed by atoms with E-state index in [9.17, 15) is 9.59 Å². The summed E-state index contributed by atoms with van der Waals surface area (Å²) in [7, 11) is 3.96. The van der Waals surface area contributed by atoms with Crippen LogP contribution in [0.3, 0.4) is 0 Å². The third-order valence-corrected chi connectivity index (χ3v) is 5.48. The van der Waals surface area contributed by atoms with E-state index in [1.54, 1.807) is 36.0 Å². The Morgan fingerprint density at radius 2 is 2.04 bits per heavy atom. The number of rotatable bonds is 7. The van der Waals surface area contributed by atoms with Crippen LogP contribution < -0.4 is 11.1 Å². The molecule has 3 N–H and O–H groups in total. The van der Waals surface area contributed by atoms with Crippen LogP contribution in [0.4, 0.5) is 5.69 Å². The molecule has 1 heterocycles. The highest BCUT2D eigenvalue weighted by Crippen LogP contribution is 2.17. The van der Waals surface area contributed by atoms with Crippen LogP contribution in [0.5, 0.6) is 0 Å². The molecule has 1 aromatic rings. The number of nitrogens with one attached hydrogen (secondary N) is 1. The summed E-state index contributed by atoms with van der Waals surface area (Å²) in [5.41, 5.74) is 7.16. The molecule has 0 aromatic heterocycles. The van der Waals surface area contributed by atoms with Crippen molar-refractivity contribution in [2.45, 2.75) is 31.3 Å². The van der Waals surface area contributed by atoms with E-state index in [0.29, 0.717) is 17.7 Å². The zero-order valence-electron chi connectivity index (χ0n) is 16.3. The highest BCUT2D eigenvalue weighted by molar-refractivity contribution is 7.98. The molecule has 6 nitrogen and oxygen atoms in total. The number of hydrogen-bond donors (Lipinski definition) is 2. The molecule has 152 valence electrons. The summed E-state index contributed by atoms with van der Waals surface area (Å²) in [6, 6.07) is 6.76. The number of benzene rings is 1. The zero-order chi connectivity index (χ0) is 19.1. The summed E-state index contributed by atoms with van der Waals surface area (Å²) in [6.07, 6.45) is 4.78. The Hall–Kier alpha value is -1.28. The maximum Gasteiger partial charge on any atom is 0.253 e. The van der Waals surface area contributed by atoms with Crippen molar-refractivity contribution in [3.8, 4) is 0 Å². The minimum Gasteiger partial charge on any atom is -0.337 e. The number of nitrogens with two attached hydrogens (primary N) is 1. The number of hydrogen-bond acceptors (Lipinski definition) is 5. The second-order valence-electron chi connectivity index (χ2n) is 6.93. The fourth-order valence-corrected chi connectivity index (χ4v) is 3.62. The molecule has 0 aliphatic carbocycles. The van der Waals surface area contributed by atoms with Gasteiger partial charge in [-0.05, 0) is 69.1 Å². The summed E-state index contributed by atoms with van der Waals surface area (Å²) >= 11 is 1.67. The van der Waals surface area contributed by atoms with Crippen molar-refractivity contribution in [1.82, 2.24) is 9.80 Å². The van der Waals surface area contributed by atoms with Gasteiger partial charge >= 0.3 is 0 Å². The van der Waals surface area contributed by atoms with Crippen LogP contribution in [0.2, 0.25) is 0 Å². The van der Waals surface area contributed by atoms with Gasteiger partial charge in [0.05, 0.1) is 6.04 Å². The van der Waals surface area contributed by atoms with Crippen LogP contribution in [0.1, 0.15) is 29.6 Å². The lowest BCUT2D eigenvalue weighted by Gasteiger charge is -2.35. The second kappa shape index (κ2) is 11.5. The highest BCUT2D eigenvalue weighted by Gasteiger charge is 2.25. The molecule has 0 saturated carbocycles. The van der Waals surface area contributed by atoms with E-state index in [0.717, 1.165) is 31.7 Å². The first-order valence-electron chi connectivity index (χ1n) is 9.03. The molecule has 1 aliphatic rings. The Balaban J connectivity index is 0.00000364. The van der Waals surface area contributed by atoms with Gasteiger partial charge < -0.3 is 20.9 Å². The molecular formula is C19H31ClN4O2S. The average molecular weight is 415 g/mol. The third-order valence-electron chi connectivity index (χ3n) is 4.84. The van der Waals surface area contributed by atoms with Crippen molar-refractivity contribution in [2.75, 3.05) is 44.5 Å². The Morgan fingerprint density at radius 1 is 1.37 bits per heavy atom. The number of thioether (sulfide) groups is 1. The number of carbonyl (C=O) groups excluding carboxylic acids is 2. The van der Waals surface area contributed by atoms with Gasteiger partial charge in [-0.1, -0.05) is 0 Å². The largest absolute Gasteiger partial charge is 0.337 e. The molecule has 1 aliphatic heterocycles. The van der Waals surface area contributed by atoms with Crippen molar-refractivity contribution in [3.63, 3.8) is 0 Å². The Kier molecular flexibility index (Phi) is 10.2. The van der Waals surface area contributed by atoms with Crippen LogP contribution in [-0.2, 0) is 4.79 Å². The van der Waals surface area contributed by atoms with E-state index in [4.69, 9.17) is 5.73 Å².